The second-order valence-electron chi connectivity index (χ2n) is 4.79. The number of hydrogen-bond donors (Lipinski definition) is 0. The Bertz CT molecular complexity index is 243. The molecule has 0 saturated heterocycles. The first-order valence-corrected chi connectivity index (χ1v) is 6.03. The fourth-order valence-electron chi connectivity index (χ4n) is 2.20. The van der Waals surface area contributed by atoms with Gasteiger partial charge in [0, 0.05) is 32.3 Å². The SMILES string of the molecule is CCCC[C@H]1CCC(=O)/C(=C\N(C)C)C1. The average molecular weight is 209 g/mol. The first-order valence-electron chi connectivity index (χ1n) is 6.03. The molecule has 86 valence electrons. The van der Waals surface area contributed by atoms with E-state index in [1.54, 1.807) is 0 Å². The van der Waals surface area contributed by atoms with Crippen molar-refractivity contribution in [2.75, 3.05) is 14.1 Å². The van der Waals surface area contributed by atoms with Gasteiger partial charge >= 0.3 is 0 Å². The number of ketones is 1. The van der Waals surface area contributed by atoms with Gasteiger partial charge in [-0.25, -0.2) is 0 Å². The lowest BCUT2D eigenvalue weighted by molar-refractivity contribution is -0.117. The van der Waals surface area contributed by atoms with E-state index in [0.717, 1.165) is 30.8 Å². The van der Waals surface area contributed by atoms with Gasteiger partial charge in [0.1, 0.15) is 0 Å². The highest BCUT2D eigenvalue weighted by Crippen LogP contribution is 2.29. The molecule has 1 aliphatic carbocycles. The standard InChI is InChI=1S/C13H23NO/c1-4-5-6-11-7-8-13(15)12(9-11)10-14(2)3/h10-11H,4-9H2,1-3H3/b12-10-/t11-/m0/s1. The monoisotopic (exact) mass is 209 g/mol. The highest BCUT2D eigenvalue weighted by atomic mass is 16.1. The lowest BCUT2D eigenvalue weighted by atomic mass is 9.82. The molecule has 0 unspecified atom stereocenters. The highest BCUT2D eigenvalue weighted by Gasteiger charge is 2.22. The maximum atomic E-state index is 11.7. The van der Waals surface area contributed by atoms with Crippen LogP contribution in [0.25, 0.3) is 0 Å². The molecule has 0 aromatic rings. The maximum absolute atomic E-state index is 11.7. The van der Waals surface area contributed by atoms with Gasteiger partial charge in [0.2, 0.25) is 0 Å². The molecule has 0 N–H and O–H groups in total. The molecule has 1 saturated carbocycles. The van der Waals surface area contributed by atoms with E-state index in [2.05, 4.69) is 6.92 Å². The van der Waals surface area contributed by atoms with E-state index in [-0.39, 0.29) is 0 Å². The summed E-state index contributed by atoms with van der Waals surface area (Å²) in [6, 6.07) is 0. The van der Waals surface area contributed by atoms with Gasteiger partial charge in [-0.3, -0.25) is 4.79 Å². The van der Waals surface area contributed by atoms with Gasteiger partial charge in [-0.2, -0.15) is 0 Å². The zero-order valence-corrected chi connectivity index (χ0v) is 10.3. The summed E-state index contributed by atoms with van der Waals surface area (Å²) in [4.78, 5) is 13.6. The fourth-order valence-corrected chi connectivity index (χ4v) is 2.20. The summed E-state index contributed by atoms with van der Waals surface area (Å²) in [5.41, 5.74) is 1.03. The molecule has 15 heavy (non-hydrogen) atoms. The fraction of sp³-hybridized carbons (Fsp3) is 0.769. The van der Waals surface area contributed by atoms with Crippen LogP contribution in [-0.4, -0.2) is 24.8 Å². The predicted molar refractivity (Wildman–Crippen MR) is 63.6 cm³/mol. The van der Waals surface area contributed by atoms with E-state index in [0.29, 0.717) is 5.78 Å². The Labute approximate surface area is 93.3 Å². The van der Waals surface area contributed by atoms with Crippen LogP contribution in [-0.2, 0) is 4.79 Å². The number of hydrogen-bond acceptors (Lipinski definition) is 2. The van der Waals surface area contributed by atoms with Gasteiger partial charge in [-0.15, -0.1) is 0 Å². The van der Waals surface area contributed by atoms with Crippen molar-refractivity contribution >= 4 is 5.78 Å². The number of carbonyl (C=O) groups excluding carboxylic acids is 1. The largest absolute Gasteiger partial charge is 0.383 e. The Balaban J connectivity index is 2.52. The molecule has 2 nitrogen and oxygen atoms in total. The van der Waals surface area contributed by atoms with Crippen LogP contribution < -0.4 is 0 Å². The van der Waals surface area contributed by atoms with Gasteiger partial charge in [-0.05, 0) is 18.8 Å². The van der Waals surface area contributed by atoms with Crippen LogP contribution in [0, 0.1) is 5.92 Å². The van der Waals surface area contributed by atoms with Crippen molar-refractivity contribution in [2.24, 2.45) is 5.92 Å². The third-order valence-electron chi connectivity index (χ3n) is 3.03. The van der Waals surface area contributed by atoms with Crippen LogP contribution in [0.1, 0.15) is 45.4 Å². The number of rotatable bonds is 4. The normalized spacial score (nSPS) is 24.6. The molecule has 1 rings (SSSR count). The summed E-state index contributed by atoms with van der Waals surface area (Å²) in [5, 5.41) is 0. The molecule has 0 aliphatic heterocycles. The summed E-state index contributed by atoms with van der Waals surface area (Å²) >= 11 is 0. The number of nitrogens with zero attached hydrogens (tertiary/aromatic N) is 1. The second kappa shape index (κ2) is 5.94. The Kier molecular flexibility index (Phi) is 4.86. The molecule has 0 aromatic heterocycles. The van der Waals surface area contributed by atoms with Crippen molar-refractivity contribution in [3.63, 3.8) is 0 Å². The quantitative estimate of drug-likeness (QED) is 0.663. The molecule has 0 heterocycles. The minimum Gasteiger partial charge on any atom is -0.383 e. The third-order valence-corrected chi connectivity index (χ3v) is 3.03. The van der Waals surface area contributed by atoms with Crippen molar-refractivity contribution in [2.45, 2.75) is 45.4 Å². The first-order chi connectivity index (χ1) is 7.13. The molecule has 0 radical (unpaired) electrons. The molecule has 1 fully saturated rings. The molecular formula is C13H23NO. The topological polar surface area (TPSA) is 20.3 Å². The zero-order chi connectivity index (χ0) is 11.3. The number of Topliss-reactive ketones (excluding diaryl/α,β-unsaturated/α-hetero) is 1. The first kappa shape index (κ1) is 12.3. The summed E-state index contributed by atoms with van der Waals surface area (Å²) < 4.78 is 0. The van der Waals surface area contributed by atoms with Gasteiger partial charge in [0.15, 0.2) is 5.78 Å². The van der Waals surface area contributed by atoms with Crippen molar-refractivity contribution in [1.29, 1.82) is 0 Å². The summed E-state index contributed by atoms with van der Waals surface area (Å²) in [6.07, 6.45) is 8.70. The minimum atomic E-state index is 0.358. The van der Waals surface area contributed by atoms with Crippen molar-refractivity contribution in [3.05, 3.63) is 11.8 Å². The molecule has 1 aliphatic rings. The summed E-state index contributed by atoms with van der Waals surface area (Å²) in [7, 11) is 3.96. The van der Waals surface area contributed by atoms with Crippen LogP contribution in [0.3, 0.4) is 0 Å². The molecule has 0 bridgehead atoms. The van der Waals surface area contributed by atoms with Crippen LogP contribution >= 0.6 is 0 Å². The second-order valence-corrected chi connectivity index (χ2v) is 4.79. The Hall–Kier alpha value is -0.790. The van der Waals surface area contributed by atoms with Crippen molar-refractivity contribution in [1.82, 2.24) is 4.90 Å². The van der Waals surface area contributed by atoms with Crippen LogP contribution in [0.15, 0.2) is 11.8 Å². The highest BCUT2D eigenvalue weighted by molar-refractivity contribution is 5.95. The van der Waals surface area contributed by atoms with E-state index < -0.39 is 0 Å². The molecule has 1 atom stereocenters. The van der Waals surface area contributed by atoms with E-state index >= 15 is 0 Å². The van der Waals surface area contributed by atoms with Crippen LogP contribution in [0.2, 0.25) is 0 Å². The van der Waals surface area contributed by atoms with E-state index in [1.807, 2.05) is 25.2 Å². The van der Waals surface area contributed by atoms with E-state index in [9.17, 15) is 4.79 Å². The van der Waals surface area contributed by atoms with E-state index in [1.165, 1.54) is 19.3 Å². The Morgan fingerprint density at radius 3 is 2.80 bits per heavy atom. The zero-order valence-electron chi connectivity index (χ0n) is 10.3. The lowest BCUT2D eigenvalue weighted by Crippen LogP contribution is -2.19. The number of unbranched alkanes of at least 4 members (excludes halogenated alkanes) is 1. The average Bonchev–Trinajstić information content (AvgIpc) is 2.18. The van der Waals surface area contributed by atoms with Gasteiger partial charge in [-0.1, -0.05) is 26.2 Å². The lowest BCUT2D eigenvalue weighted by Gasteiger charge is -2.24. The summed E-state index contributed by atoms with van der Waals surface area (Å²) in [5.74, 6) is 1.10. The molecule has 0 aromatic carbocycles. The summed E-state index contributed by atoms with van der Waals surface area (Å²) in [6.45, 7) is 2.23. The van der Waals surface area contributed by atoms with E-state index in [4.69, 9.17) is 0 Å². The number of allylic oxidation sites excluding steroid dienone is 1. The Morgan fingerprint density at radius 2 is 2.20 bits per heavy atom. The minimum absolute atomic E-state index is 0.358. The van der Waals surface area contributed by atoms with Gasteiger partial charge < -0.3 is 4.90 Å². The maximum Gasteiger partial charge on any atom is 0.160 e. The smallest absolute Gasteiger partial charge is 0.160 e. The van der Waals surface area contributed by atoms with Crippen molar-refractivity contribution < 1.29 is 4.79 Å². The van der Waals surface area contributed by atoms with Gasteiger partial charge in [0.05, 0.1) is 0 Å². The molecular weight excluding hydrogens is 186 g/mol. The van der Waals surface area contributed by atoms with Crippen molar-refractivity contribution in [3.8, 4) is 0 Å². The van der Waals surface area contributed by atoms with Crippen LogP contribution in [0.4, 0.5) is 0 Å². The molecule has 0 spiro atoms. The Morgan fingerprint density at radius 1 is 1.47 bits per heavy atom. The predicted octanol–water partition coefficient (Wildman–Crippen LogP) is 2.99. The molecule has 0 amide bonds. The molecule has 2 heteroatoms. The third kappa shape index (κ3) is 4.06. The number of carbonyl (C=O) groups is 1. The van der Waals surface area contributed by atoms with Gasteiger partial charge in [0.25, 0.3) is 0 Å². The van der Waals surface area contributed by atoms with Crippen LogP contribution in [0.5, 0.6) is 0 Å².